The molecular weight excluding hydrogens is 210 g/mol. The molecule has 17 heavy (non-hydrogen) atoms. The highest BCUT2D eigenvalue weighted by Gasteiger charge is 2.63. The molecule has 1 aliphatic carbocycles. The third-order valence-corrected chi connectivity index (χ3v) is 5.75. The Bertz CT molecular complexity index is 258. The standard InChI is InChI=1S/C15H29NO/c1-6-12-9-11(7-8-17-12)16-10-13-14(2,3)15(13,4)5/h11-13,16H,6-10H2,1-5H3. The van der Waals surface area contributed by atoms with Gasteiger partial charge in [0, 0.05) is 12.6 Å². The van der Waals surface area contributed by atoms with Gasteiger partial charge in [-0.05, 0) is 42.6 Å². The fraction of sp³-hybridized carbons (Fsp3) is 1.00. The zero-order chi connectivity index (χ0) is 12.7. The number of ether oxygens (including phenoxy) is 1. The monoisotopic (exact) mass is 239 g/mol. The lowest BCUT2D eigenvalue weighted by Crippen LogP contribution is -2.40. The Kier molecular flexibility index (Phi) is 3.57. The summed E-state index contributed by atoms with van der Waals surface area (Å²) in [6, 6.07) is 0.681. The normalized spacial score (nSPS) is 35.8. The Hall–Kier alpha value is -0.0800. The molecule has 2 unspecified atom stereocenters. The second-order valence-electron chi connectivity index (χ2n) is 7.03. The molecule has 0 aromatic heterocycles. The molecule has 2 fully saturated rings. The quantitative estimate of drug-likeness (QED) is 0.813. The molecule has 1 saturated carbocycles. The van der Waals surface area contributed by atoms with E-state index in [0.29, 0.717) is 23.0 Å². The molecule has 2 heteroatoms. The van der Waals surface area contributed by atoms with Gasteiger partial charge in [0.1, 0.15) is 0 Å². The first-order valence-corrected chi connectivity index (χ1v) is 7.24. The molecule has 0 radical (unpaired) electrons. The first kappa shape index (κ1) is 13.4. The van der Waals surface area contributed by atoms with Gasteiger partial charge in [-0.1, -0.05) is 34.6 Å². The van der Waals surface area contributed by atoms with Crippen LogP contribution in [0.4, 0.5) is 0 Å². The Morgan fingerprint density at radius 3 is 2.35 bits per heavy atom. The van der Waals surface area contributed by atoms with Crippen LogP contribution >= 0.6 is 0 Å². The zero-order valence-corrected chi connectivity index (χ0v) is 12.2. The minimum atomic E-state index is 0.487. The van der Waals surface area contributed by atoms with Crippen LogP contribution in [0.15, 0.2) is 0 Å². The number of hydrogen-bond acceptors (Lipinski definition) is 2. The maximum absolute atomic E-state index is 5.72. The molecule has 0 aromatic rings. The molecule has 1 heterocycles. The van der Waals surface area contributed by atoms with Gasteiger partial charge in [0.05, 0.1) is 6.10 Å². The highest BCUT2D eigenvalue weighted by Crippen LogP contribution is 2.67. The number of nitrogens with one attached hydrogen (secondary N) is 1. The summed E-state index contributed by atoms with van der Waals surface area (Å²) >= 11 is 0. The van der Waals surface area contributed by atoms with Crippen molar-refractivity contribution in [2.24, 2.45) is 16.7 Å². The smallest absolute Gasteiger partial charge is 0.0587 e. The van der Waals surface area contributed by atoms with Crippen LogP contribution in [-0.4, -0.2) is 25.3 Å². The largest absolute Gasteiger partial charge is 0.378 e. The maximum atomic E-state index is 5.72. The van der Waals surface area contributed by atoms with Crippen molar-refractivity contribution in [2.45, 2.75) is 66.0 Å². The van der Waals surface area contributed by atoms with Gasteiger partial charge in [0.15, 0.2) is 0 Å². The highest BCUT2D eigenvalue weighted by molar-refractivity contribution is 5.13. The predicted molar refractivity (Wildman–Crippen MR) is 72.1 cm³/mol. The third-order valence-electron chi connectivity index (χ3n) is 5.75. The Labute approximate surface area is 107 Å². The van der Waals surface area contributed by atoms with Gasteiger partial charge in [-0.15, -0.1) is 0 Å². The summed E-state index contributed by atoms with van der Waals surface area (Å²) in [5, 5.41) is 3.78. The van der Waals surface area contributed by atoms with Crippen LogP contribution in [0.25, 0.3) is 0 Å². The first-order valence-electron chi connectivity index (χ1n) is 7.24. The topological polar surface area (TPSA) is 21.3 Å². The second kappa shape index (κ2) is 4.55. The van der Waals surface area contributed by atoms with E-state index in [4.69, 9.17) is 4.74 Å². The van der Waals surface area contributed by atoms with E-state index >= 15 is 0 Å². The first-order chi connectivity index (χ1) is 7.89. The van der Waals surface area contributed by atoms with Crippen LogP contribution in [0.1, 0.15) is 53.9 Å². The molecule has 0 spiro atoms. The van der Waals surface area contributed by atoms with E-state index in [2.05, 4.69) is 39.9 Å². The fourth-order valence-electron chi connectivity index (χ4n) is 3.48. The summed E-state index contributed by atoms with van der Waals surface area (Å²) in [7, 11) is 0. The van der Waals surface area contributed by atoms with Crippen molar-refractivity contribution in [1.29, 1.82) is 0 Å². The van der Waals surface area contributed by atoms with E-state index < -0.39 is 0 Å². The summed E-state index contributed by atoms with van der Waals surface area (Å²) in [4.78, 5) is 0. The maximum Gasteiger partial charge on any atom is 0.0587 e. The van der Waals surface area contributed by atoms with Crippen LogP contribution in [0, 0.1) is 16.7 Å². The van der Waals surface area contributed by atoms with Crippen LogP contribution < -0.4 is 5.32 Å². The van der Waals surface area contributed by atoms with Gasteiger partial charge in [-0.2, -0.15) is 0 Å². The van der Waals surface area contributed by atoms with E-state index in [1.165, 1.54) is 19.4 Å². The van der Waals surface area contributed by atoms with Gasteiger partial charge >= 0.3 is 0 Å². The van der Waals surface area contributed by atoms with Crippen molar-refractivity contribution in [3.8, 4) is 0 Å². The van der Waals surface area contributed by atoms with E-state index in [9.17, 15) is 0 Å². The summed E-state index contributed by atoms with van der Waals surface area (Å²) in [6.45, 7) is 13.9. The van der Waals surface area contributed by atoms with Crippen molar-refractivity contribution in [2.75, 3.05) is 13.2 Å². The summed E-state index contributed by atoms with van der Waals surface area (Å²) < 4.78 is 5.72. The molecular formula is C15H29NO. The number of rotatable bonds is 4. The Balaban J connectivity index is 1.76. The fourth-order valence-corrected chi connectivity index (χ4v) is 3.48. The average molecular weight is 239 g/mol. The lowest BCUT2D eigenvalue weighted by molar-refractivity contribution is -0.000329. The van der Waals surface area contributed by atoms with Crippen molar-refractivity contribution in [3.05, 3.63) is 0 Å². The van der Waals surface area contributed by atoms with Crippen LogP contribution in [0.2, 0.25) is 0 Å². The van der Waals surface area contributed by atoms with Crippen LogP contribution in [0.3, 0.4) is 0 Å². The van der Waals surface area contributed by atoms with Gasteiger partial charge in [0.2, 0.25) is 0 Å². The van der Waals surface area contributed by atoms with Crippen molar-refractivity contribution in [3.63, 3.8) is 0 Å². The second-order valence-corrected chi connectivity index (χ2v) is 7.03. The SMILES string of the molecule is CCC1CC(NCC2C(C)(C)C2(C)C)CCO1. The molecule has 0 bridgehead atoms. The molecule has 100 valence electrons. The van der Waals surface area contributed by atoms with E-state index in [0.717, 1.165) is 18.9 Å². The predicted octanol–water partition coefficient (Wildman–Crippen LogP) is 3.22. The van der Waals surface area contributed by atoms with E-state index in [1.807, 2.05) is 0 Å². The molecule has 1 saturated heterocycles. The highest BCUT2D eigenvalue weighted by atomic mass is 16.5. The summed E-state index contributed by atoms with van der Waals surface area (Å²) in [5.74, 6) is 0.831. The zero-order valence-electron chi connectivity index (χ0n) is 12.2. The lowest BCUT2D eigenvalue weighted by Gasteiger charge is -2.30. The lowest BCUT2D eigenvalue weighted by atomic mass is 10.0. The molecule has 0 amide bonds. The van der Waals surface area contributed by atoms with E-state index in [-0.39, 0.29) is 0 Å². The molecule has 2 rings (SSSR count). The van der Waals surface area contributed by atoms with Crippen molar-refractivity contribution >= 4 is 0 Å². The minimum absolute atomic E-state index is 0.487. The molecule has 0 aromatic carbocycles. The molecule has 2 atom stereocenters. The van der Waals surface area contributed by atoms with Gasteiger partial charge in [-0.3, -0.25) is 0 Å². The molecule has 1 N–H and O–H groups in total. The third kappa shape index (κ3) is 2.39. The van der Waals surface area contributed by atoms with Crippen LogP contribution in [-0.2, 0) is 4.74 Å². The molecule has 2 nitrogen and oxygen atoms in total. The number of hydrogen-bond donors (Lipinski definition) is 1. The molecule has 1 aliphatic heterocycles. The van der Waals surface area contributed by atoms with Gasteiger partial charge in [0.25, 0.3) is 0 Å². The molecule has 2 aliphatic rings. The minimum Gasteiger partial charge on any atom is -0.378 e. The van der Waals surface area contributed by atoms with E-state index in [1.54, 1.807) is 0 Å². The summed E-state index contributed by atoms with van der Waals surface area (Å²) in [5.41, 5.74) is 1.02. The summed E-state index contributed by atoms with van der Waals surface area (Å²) in [6.07, 6.45) is 4.02. The van der Waals surface area contributed by atoms with Crippen molar-refractivity contribution in [1.82, 2.24) is 5.32 Å². The van der Waals surface area contributed by atoms with Crippen molar-refractivity contribution < 1.29 is 4.74 Å². The Morgan fingerprint density at radius 1 is 1.18 bits per heavy atom. The van der Waals surface area contributed by atoms with Crippen LogP contribution in [0.5, 0.6) is 0 Å². The van der Waals surface area contributed by atoms with Gasteiger partial charge < -0.3 is 10.1 Å². The van der Waals surface area contributed by atoms with Gasteiger partial charge in [-0.25, -0.2) is 0 Å². The average Bonchev–Trinajstić information content (AvgIpc) is 2.67. The Morgan fingerprint density at radius 2 is 1.82 bits per heavy atom.